The van der Waals surface area contributed by atoms with Crippen molar-refractivity contribution in [2.24, 2.45) is 0 Å². The quantitative estimate of drug-likeness (QED) is 0.849. The highest BCUT2D eigenvalue weighted by molar-refractivity contribution is 5.87. The SMILES string of the molecule is CCN1C=CC=C2CC(O)=c3c(C(=O)O)nn(CC)c3=C21. The van der Waals surface area contributed by atoms with Crippen LogP contribution in [0.4, 0.5) is 0 Å². The lowest BCUT2D eigenvalue weighted by Gasteiger charge is -2.28. The lowest BCUT2D eigenvalue weighted by molar-refractivity contribution is 0.0688. The van der Waals surface area contributed by atoms with E-state index in [2.05, 4.69) is 10.00 Å². The maximum absolute atomic E-state index is 11.4. The Morgan fingerprint density at radius 2 is 2.14 bits per heavy atom. The molecule has 2 heterocycles. The van der Waals surface area contributed by atoms with Crippen LogP contribution in [-0.2, 0) is 6.54 Å². The van der Waals surface area contributed by atoms with Gasteiger partial charge in [0.15, 0.2) is 5.69 Å². The molecule has 1 aliphatic heterocycles. The molecule has 2 N–H and O–H groups in total. The predicted octanol–water partition coefficient (Wildman–Crippen LogP) is 0.555. The van der Waals surface area contributed by atoms with Gasteiger partial charge in [0, 0.05) is 25.7 Å². The Bertz CT molecular complexity index is 799. The van der Waals surface area contributed by atoms with Crippen molar-refractivity contribution in [3.63, 3.8) is 0 Å². The Balaban J connectivity index is 2.49. The molecule has 21 heavy (non-hydrogen) atoms. The molecule has 0 unspecified atom stereocenters. The summed E-state index contributed by atoms with van der Waals surface area (Å²) < 4.78 is 1.65. The molecule has 0 saturated heterocycles. The highest BCUT2D eigenvalue weighted by atomic mass is 16.4. The van der Waals surface area contributed by atoms with E-state index in [1.54, 1.807) is 4.68 Å². The maximum atomic E-state index is 11.4. The fraction of sp³-hybridized carbons (Fsp3) is 0.333. The molecule has 0 bridgehead atoms. The molecule has 0 aromatic carbocycles. The van der Waals surface area contributed by atoms with Gasteiger partial charge in [0.25, 0.3) is 0 Å². The van der Waals surface area contributed by atoms with Crippen LogP contribution < -0.4 is 10.6 Å². The molecule has 0 spiro atoms. The summed E-state index contributed by atoms with van der Waals surface area (Å²) in [5.74, 6) is -1.05. The molecule has 0 amide bonds. The first-order valence-electron chi connectivity index (χ1n) is 6.99. The monoisotopic (exact) mass is 287 g/mol. The van der Waals surface area contributed by atoms with E-state index in [-0.39, 0.29) is 11.5 Å². The second-order valence-corrected chi connectivity index (χ2v) is 4.98. The number of likely N-dealkylation sites (N-methyl/N-ethyl adjacent to an activating group) is 1. The van der Waals surface area contributed by atoms with Gasteiger partial charge in [-0.2, -0.15) is 5.10 Å². The highest BCUT2D eigenvalue weighted by Crippen LogP contribution is 2.27. The first kappa shape index (κ1) is 13.5. The number of fused-ring (bicyclic) bond motifs is 2. The van der Waals surface area contributed by atoms with Crippen molar-refractivity contribution in [1.29, 1.82) is 0 Å². The summed E-state index contributed by atoms with van der Waals surface area (Å²) in [6.45, 7) is 5.24. The Kier molecular flexibility index (Phi) is 3.08. The minimum absolute atomic E-state index is 0.0726. The van der Waals surface area contributed by atoms with Gasteiger partial charge in [-0.15, -0.1) is 0 Å². The minimum Gasteiger partial charge on any atom is -0.511 e. The molecule has 3 rings (SSSR count). The van der Waals surface area contributed by atoms with Crippen LogP contribution in [0, 0.1) is 0 Å². The zero-order valence-electron chi connectivity index (χ0n) is 12.0. The first-order valence-corrected chi connectivity index (χ1v) is 6.99. The highest BCUT2D eigenvalue weighted by Gasteiger charge is 2.27. The number of carboxylic acid groups (broad SMARTS) is 1. The number of carbonyl (C=O) groups is 1. The van der Waals surface area contributed by atoms with E-state index in [0.29, 0.717) is 23.5 Å². The fourth-order valence-corrected chi connectivity index (χ4v) is 2.92. The van der Waals surface area contributed by atoms with Crippen LogP contribution >= 0.6 is 0 Å². The van der Waals surface area contributed by atoms with Crippen molar-refractivity contribution < 1.29 is 15.0 Å². The largest absolute Gasteiger partial charge is 0.511 e. The average Bonchev–Trinajstić information content (AvgIpc) is 2.87. The second kappa shape index (κ2) is 4.80. The Morgan fingerprint density at radius 3 is 2.76 bits per heavy atom. The molecule has 0 saturated carbocycles. The number of hydrogen-bond donors (Lipinski definition) is 2. The van der Waals surface area contributed by atoms with Crippen molar-refractivity contribution >= 4 is 17.4 Å². The number of rotatable bonds is 3. The summed E-state index contributed by atoms with van der Waals surface area (Å²) in [6, 6.07) is 0. The zero-order valence-corrected chi connectivity index (χ0v) is 12.0. The first-order chi connectivity index (χ1) is 10.1. The Hall–Kier alpha value is -2.50. The van der Waals surface area contributed by atoms with E-state index >= 15 is 0 Å². The molecule has 110 valence electrons. The molecule has 1 aromatic rings. The van der Waals surface area contributed by atoms with E-state index in [1.807, 2.05) is 32.2 Å². The van der Waals surface area contributed by atoms with E-state index in [1.165, 1.54) is 0 Å². The van der Waals surface area contributed by atoms with Crippen LogP contribution in [0.5, 0.6) is 0 Å². The normalized spacial score (nSPS) is 16.7. The third kappa shape index (κ3) is 1.86. The third-order valence-corrected chi connectivity index (χ3v) is 3.82. The van der Waals surface area contributed by atoms with Gasteiger partial charge in [0.05, 0.1) is 16.3 Å². The minimum atomic E-state index is -1.12. The van der Waals surface area contributed by atoms with Gasteiger partial charge in [0.1, 0.15) is 5.76 Å². The van der Waals surface area contributed by atoms with Crippen molar-refractivity contribution in [3.8, 4) is 0 Å². The van der Waals surface area contributed by atoms with Crippen molar-refractivity contribution in [3.05, 3.63) is 40.2 Å². The molecule has 0 atom stereocenters. The molecular weight excluding hydrogens is 270 g/mol. The van der Waals surface area contributed by atoms with Crippen LogP contribution in [0.15, 0.2) is 23.9 Å². The summed E-state index contributed by atoms with van der Waals surface area (Å²) in [6.07, 6.45) is 6.18. The molecule has 2 aliphatic rings. The summed E-state index contributed by atoms with van der Waals surface area (Å²) in [7, 11) is 0. The zero-order chi connectivity index (χ0) is 15.1. The molecule has 6 heteroatoms. The number of aliphatic hydroxyl groups is 1. The number of aromatic carboxylic acids is 1. The average molecular weight is 287 g/mol. The van der Waals surface area contributed by atoms with Gasteiger partial charge < -0.3 is 15.1 Å². The number of hydrogen-bond acceptors (Lipinski definition) is 4. The van der Waals surface area contributed by atoms with Crippen LogP contribution in [0.25, 0.3) is 11.5 Å². The van der Waals surface area contributed by atoms with Gasteiger partial charge >= 0.3 is 5.97 Å². The molecule has 1 aliphatic carbocycles. The number of allylic oxidation sites excluding steroid dienone is 2. The molecule has 0 fully saturated rings. The maximum Gasteiger partial charge on any atom is 0.357 e. The molecule has 6 nitrogen and oxygen atoms in total. The van der Waals surface area contributed by atoms with Crippen LogP contribution in [0.3, 0.4) is 0 Å². The second-order valence-electron chi connectivity index (χ2n) is 4.98. The van der Waals surface area contributed by atoms with Gasteiger partial charge in [-0.05, 0) is 25.5 Å². The summed E-state index contributed by atoms with van der Waals surface area (Å²) >= 11 is 0. The van der Waals surface area contributed by atoms with E-state index in [9.17, 15) is 15.0 Å². The molecular formula is C15H17N3O3. The van der Waals surface area contributed by atoms with Crippen molar-refractivity contribution in [2.45, 2.75) is 26.8 Å². The summed E-state index contributed by atoms with van der Waals surface area (Å²) in [5, 5.41) is 24.8. The smallest absolute Gasteiger partial charge is 0.357 e. The Labute approximate surface area is 121 Å². The number of carboxylic acids is 1. The molecule has 0 radical (unpaired) electrons. The number of aromatic nitrogens is 2. The Morgan fingerprint density at radius 1 is 1.38 bits per heavy atom. The number of aliphatic hydroxyl groups excluding tert-OH is 1. The van der Waals surface area contributed by atoms with E-state index in [0.717, 1.165) is 17.8 Å². The van der Waals surface area contributed by atoms with Gasteiger partial charge in [-0.25, -0.2) is 4.79 Å². The lowest BCUT2D eigenvalue weighted by Crippen LogP contribution is -2.42. The number of nitrogens with zero attached hydrogens (tertiary/aromatic N) is 3. The standard InChI is InChI=1S/C15H17N3O3/c1-3-17-7-5-6-9-8-10(19)11-12(15(20)21)16-18(4-2)14(11)13(9)17/h5-7,19H,3-4,8H2,1-2H3,(H,20,21). The van der Waals surface area contributed by atoms with Crippen LogP contribution in [0.2, 0.25) is 0 Å². The molecule has 1 aromatic heterocycles. The van der Waals surface area contributed by atoms with Gasteiger partial charge in [-0.3, -0.25) is 4.68 Å². The fourth-order valence-electron chi connectivity index (χ4n) is 2.92. The third-order valence-electron chi connectivity index (χ3n) is 3.82. The lowest BCUT2D eigenvalue weighted by atomic mass is 9.97. The van der Waals surface area contributed by atoms with Crippen LogP contribution in [-0.4, -0.2) is 37.4 Å². The van der Waals surface area contributed by atoms with Crippen LogP contribution in [0.1, 0.15) is 30.8 Å². The number of aryl methyl sites for hydroxylation is 1. The summed E-state index contributed by atoms with van der Waals surface area (Å²) in [4.78, 5) is 13.5. The van der Waals surface area contributed by atoms with Crippen molar-refractivity contribution in [1.82, 2.24) is 14.7 Å². The predicted molar refractivity (Wildman–Crippen MR) is 77.8 cm³/mol. The van der Waals surface area contributed by atoms with Gasteiger partial charge in [0.2, 0.25) is 0 Å². The van der Waals surface area contributed by atoms with E-state index in [4.69, 9.17) is 0 Å². The summed E-state index contributed by atoms with van der Waals surface area (Å²) in [5.41, 5.74) is 1.84. The topological polar surface area (TPSA) is 78.6 Å². The van der Waals surface area contributed by atoms with Gasteiger partial charge in [-0.1, -0.05) is 6.08 Å². The van der Waals surface area contributed by atoms with Crippen molar-refractivity contribution in [2.75, 3.05) is 6.54 Å². The van der Waals surface area contributed by atoms with E-state index < -0.39 is 5.97 Å².